The maximum Gasteiger partial charge on any atom is 0.0963 e. The van der Waals surface area contributed by atoms with Gasteiger partial charge in [0.15, 0.2) is 0 Å². The van der Waals surface area contributed by atoms with Crippen molar-refractivity contribution in [1.82, 2.24) is 0 Å². The van der Waals surface area contributed by atoms with Gasteiger partial charge in [-0.3, -0.25) is 5.41 Å². The third-order valence-corrected chi connectivity index (χ3v) is 4.37. The quantitative estimate of drug-likeness (QED) is 0.413. The highest BCUT2D eigenvalue weighted by Crippen LogP contribution is 2.29. The summed E-state index contributed by atoms with van der Waals surface area (Å²) < 4.78 is 6.05. The first-order valence-corrected chi connectivity index (χ1v) is 7.43. The first kappa shape index (κ1) is 15.5. The van der Waals surface area contributed by atoms with Gasteiger partial charge in [0, 0.05) is 12.0 Å². The second-order valence-electron chi connectivity index (χ2n) is 6.26. The Morgan fingerprint density at radius 3 is 2.61 bits per heavy atom. The fraction of sp³-hybridized carbons (Fsp3) is 0.933. The molecule has 3 nitrogen and oxygen atoms in total. The predicted octanol–water partition coefficient (Wildman–Crippen LogP) is 3.71. The second kappa shape index (κ2) is 7.13. The summed E-state index contributed by atoms with van der Waals surface area (Å²) >= 11 is 0. The van der Waals surface area contributed by atoms with E-state index in [4.69, 9.17) is 15.9 Å². The molecule has 106 valence electrons. The second-order valence-corrected chi connectivity index (χ2v) is 6.26. The van der Waals surface area contributed by atoms with E-state index in [0.717, 1.165) is 25.4 Å². The smallest absolute Gasteiger partial charge is 0.0963 e. The van der Waals surface area contributed by atoms with E-state index in [1.54, 1.807) is 0 Å². The lowest BCUT2D eigenvalue weighted by atomic mass is 9.84. The van der Waals surface area contributed by atoms with Crippen LogP contribution in [0.4, 0.5) is 0 Å². The van der Waals surface area contributed by atoms with E-state index < -0.39 is 0 Å². The van der Waals surface area contributed by atoms with Crippen molar-refractivity contribution in [3.8, 4) is 0 Å². The fourth-order valence-electron chi connectivity index (χ4n) is 2.74. The van der Waals surface area contributed by atoms with Crippen molar-refractivity contribution in [2.45, 2.75) is 71.8 Å². The van der Waals surface area contributed by atoms with Gasteiger partial charge < -0.3 is 10.5 Å². The minimum absolute atomic E-state index is 0.180. The molecule has 1 aliphatic carbocycles. The summed E-state index contributed by atoms with van der Waals surface area (Å²) in [7, 11) is 0. The Bertz CT molecular complexity index is 263. The van der Waals surface area contributed by atoms with Crippen LogP contribution in [0.1, 0.15) is 65.7 Å². The van der Waals surface area contributed by atoms with Crippen molar-refractivity contribution in [1.29, 1.82) is 5.41 Å². The van der Waals surface area contributed by atoms with Crippen molar-refractivity contribution in [3.63, 3.8) is 0 Å². The van der Waals surface area contributed by atoms with Gasteiger partial charge in [-0.1, -0.05) is 40.0 Å². The highest BCUT2D eigenvalue weighted by Gasteiger charge is 2.25. The average Bonchev–Trinajstić information content (AvgIpc) is 2.35. The Morgan fingerprint density at radius 2 is 2.00 bits per heavy atom. The van der Waals surface area contributed by atoms with Crippen LogP contribution in [0.3, 0.4) is 0 Å². The summed E-state index contributed by atoms with van der Waals surface area (Å²) in [6, 6.07) is 0. The zero-order valence-corrected chi connectivity index (χ0v) is 12.3. The van der Waals surface area contributed by atoms with Crippen LogP contribution in [0, 0.1) is 16.7 Å². The Hall–Kier alpha value is -0.570. The zero-order valence-electron chi connectivity index (χ0n) is 12.3. The van der Waals surface area contributed by atoms with Gasteiger partial charge in [0.25, 0.3) is 0 Å². The molecular weight excluding hydrogens is 224 g/mol. The van der Waals surface area contributed by atoms with Crippen molar-refractivity contribution in [2.24, 2.45) is 17.1 Å². The van der Waals surface area contributed by atoms with Crippen molar-refractivity contribution in [2.75, 3.05) is 6.61 Å². The van der Waals surface area contributed by atoms with Crippen LogP contribution in [0.2, 0.25) is 0 Å². The van der Waals surface area contributed by atoms with Gasteiger partial charge in [-0.25, -0.2) is 0 Å². The number of hydrogen-bond acceptors (Lipinski definition) is 2. The first-order chi connectivity index (χ1) is 8.47. The molecule has 18 heavy (non-hydrogen) atoms. The molecule has 1 fully saturated rings. The van der Waals surface area contributed by atoms with Gasteiger partial charge in [-0.05, 0) is 31.6 Å². The molecule has 0 aromatic heterocycles. The summed E-state index contributed by atoms with van der Waals surface area (Å²) in [5, 5.41) is 7.53. The summed E-state index contributed by atoms with van der Waals surface area (Å²) in [5.74, 6) is 1.05. The molecule has 0 heterocycles. The molecule has 0 amide bonds. The van der Waals surface area contributed by atoms with Crippen LogP contribution in [-0.2, 0) is 4.74 Å². The number of hydrogen-bond donors (Lipinski definition) is 2. The first-order valence-electron chi connectivity index (χ1n) is 7.43. The molecule has 0 aliphatic heterocycles. The van der Waals surface area contributed by atoms with Gasteiger partial charge in [0.05, 0.1) is 11.9 Å². The van der Waals surface area contributed by atoms with E-state index in [1.165, 1.54) is 32.1 Å². The van der Waals surface area contributed by atoms with Crippen LogP contribution in [0.5, 0.6) is 0 Å². The maximum atomic E-state index is 7.53. The number of nitrogens with two attached hydrogens (primary N) is 1. The molecule has 3 N–H and O–H groups in total. The predicted molar refractivity (Wildman–Crippen MR) is 76.9 cm³/mol. The topological polar surface area (TPSA) is 59.1 Å². The largest absolute Gasteiger partial charge is 0.387 e. The summed E-state index contributed by atoms with van der Waals surface area (Å²) in [6.45, 7) is 7.15. The van der Waals surface area contributed by atoms with Gasteiger partial charge in [-0.2, -0.15) is 0 Å². The Labute approximate surface area is 112 Å². The van der Waals surface area contributed by atoms with E-state index >= 15 is 0 Å². The highest BCUT2D eigenvalue weighted by molar-refractivity contribution is 5.82. The van der Waals surface area contributed by atoms with Gasteiger partial charge in [-0.15, -0.1) is 0 Å². The highest BCUT2D eigenvalue weighted by atomic mass is 16.5. The van der Waals surface area contributed by atoms with E-state index in [9.17, 15) is 0 Å². The third-order valence-electron chi connectivity index (χ3n) is 4.37. The van der Waals surface area contributed by atoms with Crippen molar-refractivity contribution >= 4 is 5.84 Å². The third kappa shape index (κ3) is 4.60. The Morgan fingerprint density at radius 1 is 1.33 bits per heavy atom. The molecule has 1 aliphatic rings. The summed E-state index contributed by atoms with van der Waals surface area (Å²) in [5.41, 5.74) is 5.40. The normalized spacial score (nSPS) is 25.1. The van der Waals surface area contributed by atoms with Crippen LogP contribution < -0.4 is 5.73 Å². The van der Waals surface area contributed by atoms with Crippen LogP contribution in [0.25, 0.3) is 0 Å². The molecule has 0 radical (unpaired) electrons. The number of amidine groups is 1. The molecule has 2 atom stereocenters. The van der Waals surface area contributed by atoms with Crippen molar-refractivity contribution < 1.29 is 4.74 Å². The molecule has 0 aromatic carbocycles. The molecule has 0 saturated heterocycles. The summed E-state index contributed by atoms with van der Waals surface area (Å²) in [4.78, 5) is 0. The standard InChI is InChI=1S/C15H30N2O/c1-4-12-8-5-6-9-13(12)18-11-7-10-15(2,3)14(16)17/h12-13H,4-11H2,1-3H3,(H3,16,17). The minimum Gasteiger partial charge on any atom is -0.387 e. The SMILES string of the molecule is CCC1CCCCC1OCCCC(C)(C)C(=N)N. The number of nitrogens with one attached hydrogen (secondary N) is 1. The van der Waals surface area contributed by atoms with E-state index in [2.05, 4.69) is 6.92 Å². The Kier molecular flexibility index (Phi) is 6.13. The zero-order chi connectivity index (χ0) is 13.6. The molecule has 1 rings (SSSR count). The Balaban J connectivity index is 2.22. The number of rotatable bonds is 7. The molecule has 0 spiro atoms. The van der Waals surface area contributed by atoms with Gasteiger partial charge in [0.1, 0.15) is 0 Å². The lowest BCUT2D eigenvalue weighted by Gasteiger charge is -2.31. The molecule has 0 aromatic rings. The van der Waals surface area contributed by atoms with E-state index in [-0.39, 0.29) is 11.3 Å². The van der Waals surface area contributed by atoms with Crippen molar-refractivity contribution in [3.05, 3.63) is 0 Å². The van der Waals surface area contributed by atoms with Gasteiger partial charge >= 0.3 is 0 Å². The fourth-order valence-corrected chi connectivity index (χ4v) is 2.74. The van der Waals surface area contributed by atoms with Crippen LogP contribution in [-0.4, -0.2) is 18.5 Å². The molecule has 0 bridgehead atoms. The minimum atomic E-state index is -0.180. The van der Waals surface area contributed by atoms with Gasteiger partial charge in [0.2, 0.25) is 0 Å². The lowest BCUT2D eigenvalue weighted by molar-refractivity contribution is -0.0147. The molecule has 1 saturated carbocycles. The molecule has 3 heteroatoms. The number of ether oxygens (including phenoxy) is 1. The summed E-state index contributed by atoms with van der Waals surface area (Å²) in [6.07, 6.45) is 8.91. The maximum absolute atomic E-state index is 7.53. The molecule has 2 unspecified atom stereocenters. The van der Waals surface area contributed by atoms with E-state index in [1.807, 2.05) is 13.8 Å². The van der Waals surface area contributed by atoms with Crippen LogP contribution >= 0.6 is 0 Å². The molecular formula is C15H30N2O. The average molecular weight is 254 g/mol. The van der Waals surface area contributed by atoms with Crippen LogP contribution in [0.15, 0.2) is 0 Å². The monoisotopic (exact) mass is 254 g/mol. The van der Waals surface area contributed by atoms with E-state index in [0.29, 0.717) is 6.10 Å². The lowest BCUT2D eigenvalue weighted by Crippen LogP contribution is -2.31.